The van der Waals surface area contributed by atoms with Gasteiger partial charge in [-0.3, -0.25) is 4.98 Å². The minimum atomic E-state index is 0.170. The Bertz CT molecular complexity index is 1250. The van der Waals surface area contributed by atoms with Gasteiger partial charge in [0.1, 0.15) is 5.75 Å². The van der Waals surface area contributed by atoms with Crippen molar-refractivity contribution in [2.24, 2.45) is 0 Å². The Hall–Kier alpha value is -3.64. The Morgan fingerprint density at radius 1 is 1.27 bits per heavy atom. The molecular weight excluding hydrogens is 398 g/mol. The van der Waals surface area contributed by atoms with E-state index in [-0.39, 0.29) is 5.95 Å². The highest BCUT2D eigenvalue weighted by molar-refractivity contribution is 7.08. The van der Waals surface area contributed by atoms with Gasteiger partial charge >= 0.3 is 0 Å². The van der Waals surface area contributed by atoms with Crippen molar-refractivity contribution in [1.29, 1.82) is 0 Å². The number of aromatic nitrogens is 5. The average Bonchev–Trinajstić information content (AvgIpc) is 3.38. The van der Waals surface area contributed by atoms with Crippen LogP contribution in [0.1, 0.15) is 22.4 Å². The highest BCUT2D eigenvalue weighted by Crippen LogP contribution is 2.26. The number of rotatable bonds is 5. The summed E-state index contributed by atoms with van der Waals surface area (Å²) in [5.41, 5.74) is 11.1. The van der Waals surface area contributed by atoms with E-state index in [4.69, 9.17) is 10.5 Å². The van der Waals surface area contributed by atoms with Gasteiger partial charge < -0.3 is 20.4 Å². The first-order chi connectivity index (χ1) is 14.6. The van der Waals surface area contributed by atoms with E-state index in [1.807, 2.05) is 41.4 Å². The van der Waals surface area contributed by atoms with Crippen LogP contribution in [0.4, 0.5) is 11.8 Å². The summed E-state index contributed by atoms with van der Waals surface area (Å²) >= 11 is 1.62. The molecule has 0 saturated carbocycles. The van der Waals surface area contributed by atoms with E-state index >= 15 is 0 Å². The third-order valence-corrected chi connectivity index (χ3v) is 5.33. The summed E-state index contributed by atoms with van der Waals surface area (Å²) in [7, 11) is 1.67. The van der Waals surface area contributed by atoms with Gasteiger partial charge in [-0.2, -0.15) is 21.3 Å². The van der Waals surface area contributed by atoms with Crippen molar-refractivity contribution >= 4 is 34.3 Å². The molecule has 4 aromatic heterocycles. The van der Waals surface area contributed by atoms with Crippen LogP contribution in [0, 0.1) is 25.7 Å². The number of methoxy groups -OCH3 is 1. The topological polar surface area (TPSA) is 104 Å². The molecule has 0 saturated heterocycles. The largest absolute Gasteiger partial charge is 0.496 e. The quantitative estimate of drug-likeness (QED) is 0.479. The van der Waals surface area contributed by atoms with Gasteiger partial charge in [0.2, 0.25) is 5.95 Å². The van der Waals surface area contributed by atoms with Crippen molar-refractivity contribution in [2.45, 2.75) is 20.4 Å². The zero-order chi connectivity index (χ0) is 21.1. The molecule has 8 nitrogen and oxygen atoms in total. The minimum Gasteiger partial charge on any atom is -0.496 e. The van der Waals surface area contributed by atoms with E-state index in [2.05, 4.69) is 37.1 Å². The first-order valence-electron chi connectivity index (χ1n) is 9.29. The third kappa shape index (κ3) is 3.90. The standard InChI is InChI=1S/C21H21N7OS/c1-13-9-24-16(14(2)18(13)29-3)10-28-12-25-17-19(26-21(22)27-20(17)28)23-7-4-5-15-6-8-30-11-15/h6,8-9,11-12H,7,10H2,1-3H3,(H3,22,23,26,27). The molecule has 4 rings (SSSR count). The molecule has 0 spiro atoms. The van der Waals surface area contributed by atoms with E-state index in [0.29, 0.717) is 30.1 Å². The minimum absolute atomic E-state index is 0.170. The highest BCUT2D eigenvalue weighted by Gasteiger charge is 2.15. The van der Waals surface area contributed by atoms with E-state index in [1.165, 1.54) is 0 Å². The lowest BCUT2D eigenvalue weighted by Crippen LogP contribution is -2.08. The van der Waals surface area contributed by atoms with E-state index in [0.717, 1.165) is 28.1 Å². The number of fused-ring (bicyclic) bond motifs is 1. The molecule has 0 aliphatic heterocycles. The molecule has 0 atom stereocenters. The molecule has 0 aliphatic rings. The number of anilines is 2. The number of thiophene rings is 1. The molecule has 0 fully saturated rings. The van der Waals surface area contributed by atoms with Crippen LogP contribution in [-0.4, -0.2) is 38.2 Å². The Morgan fingerprint density at radius 3 is 2.90 bits per heavy atom. The highest BCUT2D eigenvalue weighted by atomic mass is 32.1. The molecule has 9 heteroatoms. The summed E-state index contributed by atoms with van der Waals surface area (Å²) in [6.45, 7) is 4.88. The van der Waals surface area contributed by atoms with E-state index < -0.39 is 0 Å². The van der Waals surface area contributed by atoms with Gasteiger partial charge in [0, 0.05) is 28.3 Å². The molecule has 0 bridgehead atoms. The second kappa shape index (κ2) is 8.39. The lowest BCUT2D eigenvalue weighted by molar-refractivity contribution is 0.406. The van der Waals surface area contributed by atoms with Crippen LogP contribution in [-0.2, 0) is 6.54 Å². The number of hydrogen-bond acceptors (Lipinski definition) is 8. The second-order valence-corrected chi connectivity index (χ2v) is 7.47. The monoisotopic (exact) mass is 419 g/mol. The Kier molecular flexibility index (Phi) is 5.50. The molecule has 0 amide bonds. The van der Waals surface area contributed by atoms with Crippen LogP contribution >= 0.6 is 11.3 Å². The SMILES string of the molecule is COc1c(C)cnc(Cn2cnc3c(NCC#Cc4ccsc4)nc(N)nc32)c1C. The van der Waals surface area contributed by atoms with Crippen LogP contribution in [0.2, 0.25) is 0 Å². The van der Waals surface area contributed by atoms with Crippen LogP contribution < -0.4 is 15.8 Å². The van der Waals surface area contributed by atoms with Gasteiger partial charge in [-0.05, 0) is 25.3 Å². The van der Waals surface area contributed by atoms with E-state index in [9.17, 15) is 0 Å². The van der Waals surface area contributed by atoms with Crippen LogP contribution in [0.3, 0.4) is 0 Å². The number of pyridine rings is 1. The Balaban J connectivity index is 1.61. The van der Waals surface area contributed by atoms with Crippen molar-refractivity contribution in [1.82, 2.24) is 24.5 Å². The number of imidazole rings is 1. The number of nitrogen functional groups attached to an aromatic ring is 1. The van der Waals surface area contributed by atoms with Crippen molar-refractivity contribution in [3.63, 3.8) is 0 Å². The van der Waals surface area contributed by atoms with Crippen molar-refractivity contribution < 1.29 is 4.74 Å². The maximum Gasteiger partial charge on any atom is 0.224 e. The maximum absolute atomic E-state index is 5.95. The van der Waals surface area contributed by atoms with Gasteiger partial charge in [-0.1, -0.05) is 11.8 Å². The first kappa shape index (κ1) is 19.7. The molecule has 30 heavy (non-hydrogen) atoms. The van der Waals surface area contributed by atoms with Crippen LogP contribution in [0.5, 0.6) is 5.75 Å². The molecule has 3 N–H and O–H groups in total. The molecular formula is C21H21N7OS. The fourth-order valence-corrected chi connectivity index (χ4v) is 3.79. The summed E-state index contributed by atoms with van der Waals surface area (Å²) in [6, 6.07) is 1.98. The van der Waals surface area contributed by atoms with Crippen molar-refractivity contribution in [3.05, 3.63) is 51.7 Å². The summed E-state index contributed by atoms with van der Waals surface area (Å²) in [5.74, 6) is 7.74. The number of hydrogen-bond donors (Lipinski definition) is 2. The van der Waals surface area contributed by atoms with Gasteiger partial charge in [0.25, 0.3) is 0 Å². The van der Waals surface area contributed by atoms with Crippen LogP contribution in [0.25, 0.3) is 11.2 Å². The average molecular weight is 420 g/mol. The molecule has 4 aromatic rings. The number of ether oxygens (including phenoxy) is 1. The Morgan fingerprint density at radius 2 is 2.13 bits per heavy atom. The Labute approximate surface area is 178 Å². The molecule has 0 aromatic carbocycles. The fraction of sp³-hybridized carbons (Fsp3) is 0.238. The summed E-state index contributed by atoms with van der Waals surface area (Å²) in [5, 5.41) is 7.20. The fourth-order valence-electron chi connectivity index (χ4n) is 3.20. The normalized spacial score (nSPS) is 10.6. The summed E-state index contributed by atoms with van der Waals surface area (Å²) in [6.07, 6.45) is 3.53. The molecule has 0 unspecified atom stereocenters. The van der Waals surface area contributed by atoms with Gasteiger partial charge in [0.15, 0.2) is 17.0 Å². The lowest BCUT2D eigenvalue weighted by Gasteiger charge is -2.13. The molecule has 152 valence electrons. The molecule has 0 radical (unpaired) electrons. The summed E-state index contributed by atoms with van der Waals surface area (Å²) in [4.78, 5) is 17.7. The van der Waals surface area contributed by atoms with Gasteiger partial charge in [0.05, 0.1) is 32.2 Å². The molecule has 4 heterocycles. The van der Waals surface area contributed by atoms with Crippen molar-refractivity contribution in [2.75, 3.05) is 24.7 Å². The van der Waals surface area contributed by atoms with E-state index in [1.54, 1.807) is 24.8 Å². The number of nitrogens with two attached hydrogens (primary N) is 1. The third-order valence-electron chi connectivity index (χ3n) is 4.65. The van der Waals surface area contributed by atoms with Gasteiger partial charge in [-0.15, -0.1) is 0 Å². The number of nitrogens with zero attached hydrogens (tertiary/aromatic N) is 5. The van der Waals surface area contributed by atoms with Gasteiger partial charge in [-0.25, -0.2) is 4.98 Å². The maximum atomic E-state index is 5.95. The second-order valence-electron chi connectivity index (χ2n) is 6.69. The number of aryl methyl sites for hydroxylation is 1. The van der Waals surface area contributed by atoms with Crippen LogP contribution in [0.15, 0.2) is 29.4 Å². The molecule has 0 aliphatic carbocycles. The zero-order valence-electron chi connectivity index (χ0n) is 16.9. The zero-order valence-corrected chi connectivity index (χ0v) is 17.7. The smallest absolute Gasteiger partial charge is 0.224 e. The van der Waals surface area contributed by atoms with Crippen molar-refractivity contribution in [3.8, 4) is 17.6 Å². The predicted molar refractivity (Wildman–Crippen MR) is 119 cm³/mol. The first-order valence-corrected chi connectivity index (χ1v) is 10.2. The number of nitrogens with one attached hydrogen (secondary N) is 1. The summed E-state index contributed by atoms with van der Waals surface area (Å²) < 4.78 is 7.41. The predicted octanol–water partition coefficient (Wildman–Crippen LogP) is 3.00. The lowest BCUT2D eigenvalue weighted by atomic mass is 10.1.